The van der Waals surface area contributed by atoms with E-state index in [1.807, 2.05) is 32.0 Å². The Kier molecular flexibility index (Phi) is 4.48. The predicted octanol–water partition coefficient (Wildman–Crippen LogP) is 5.13. The second-order valence-electron chi connectivity index (χ2n) is 4.23. The van der Waals surface area contributed by atoms with E-state index in [1.54, 1.807) is 7.11 Å². The van der Waals surface area contributed by atoms with Crippen molar-refractivity contribution in [1.82, 2.24) is 0 Å². The second-order valence-corrected chi connectivity index (χ2v) is 7.98. The first-order valence-electron chi connectivity index (χ1n) is 5.58. The van der Waals surface area contributed by atoms with E-state index in [-0.39, 0.29) is 5.78 Å². The standard InChI is InChI=1S/C14H12Br2O2S/c1-7-4-8(2)12(10(5-7)18-3)13(17)9-6-11(15)19-14(9)16/h4-6H,1-3H3. The zero-order valence-electron chi connectivity index (χ0n) is 10.7. The van der Waals surface area contributed by atoms with Gasteiger partial charge in [-0.15, -0.1) is 11.3 Å². The third kappa shape index (κ3) is 2.93. The van der Waals surface area contributed by atoms with Crippen LogP contribution in [0.4, 0.5) is 0 Å². The van der Waals surface area contributed by atoms with Crippen LogP contribution < -0.4 is 4.74 Å². The van der Waals surface area contributed by atoms with Crippen LogP contribution in [0.3, 0.4) is 0 Å². The predicted molar refractivity (Wildman–Crippen MR) is 85.6 cm³/mol. The van der Waals surface area contributed by atoms with E-state index in [2.05, 4.69) is 31.9 Å². The lowest BCUT2D eigenvalue weighted by molar-refractivity contribution is 0.103. The molecule has 0 radical (unpaired) electrons. The van der Waals surface area contributed by atoms with E-state index in [0.717, 1.165) is 18.7 Å². The van der Waals surface area contributed by atoms with Gasteiger partial charge in [0, 0.05) is 5.56 Å². The highest BCUT2D eigenvalue weighted by Crippen LogP contribution is 2.35. The van der Waals surface area contributed by atoms with E-state index < -0.39 is 0 Å². The van der Waals surface area contributed by atoms with E-state index >= 15 is 0 Å². The second kappa shape index (κ2) is 5.77. The van der Waals surface area contributed by atoms with Crippen LogP contribution in [0.5, 0.6) is 5.75 Å². The van der Waals surface area contributed by atoms with Gasteiger partial charge in [-0.1, -0.05) is 6.07 Å². The van der Waals surface area contributed by atoms with E-state index in [4.69, 9.17) is 4.74 Å². The number of carbonyl (C=O) groups is 1. The van der Waals surface area contributed by atoms with Crippen molar-refractivity contribution in [3.8, 4) is 5.75 Å². The van der Waals surface area contributed by atoms with Crippen LogP contribution in [0.25, 0.3) is 0 Å². The number of ketones is 1. The Morgan fingerprint density at radius 3 is 2.42 bits per heavy atom. The lowest BCUT2D eigenvalue weighted by Crippen LogP contribution is -2.06. The molecule has 0 aliphatic carbocycles. The summed E-state index contributed by atoms with van der Waals surface area (Å²) < 4.78 is 7.10. The average Bonchev–Trinajstić information content (AvgIpc) is 2.66. The summed E-state index contributed by atoms with van der Waals surface area (Å²) in [6.07, 6.45) is 0. The Balaban J connectivity index is 2.59. The average molecular weight is 404 g/mol. The number of hydrogen-bond acceptors (Lipinski definition) is 3. The molecule has 2 aromatic rings. The number of hydrogen-bond donors (Lipinski definition) is 0. The molecule has 0 spiro atoms. The third-order valence-corrected chi connectivity index (χ3v) is 5.13. The summed E-state index contributed by atoms with van der Waals surface area (Å²) in [4.78, 5) is 12.7. The van der Waals surface area contributed by atoms with Crippen LogP contribution in [-0.4, -0.2) is 12.9 Å². The molecule has 0 aliphatic rings. The molecule has 2 rings (SSSR count). The SMILES string of the molecule is COc1cc(C)cc(C)c1C(=O)c1cc(Br)sc1Br. The van der Waals surface area contributed by atoms with Gasteiger partial charge in [-0.3, -0.25) is 4.79 Å². The molecule has 1 heterocycles. The normalized spacial score (nSPS) is 10.6. The smallest absolute Gasteiger partial charge is 0.199 e. The Hall–Kier alpha value is -0.650. The van der Waals surface area contributed by atoms with Crippen LogP contribution in [0.15, 0.2) is 25.8 Å². The number of ether oxygens (including phenoxy) is 1. The molecule has 0 amide bonds. The van der Waals surface area contributed by atoms with Crippen LogP contribution in [0.1, 0.15) is 27.0 Å². The summed E-state index contributed by atoms with van der Waals surface area (Å²) in [5.41, 5.74) is 3.29. The molecule has 0 N–H and O–H groups in total. The molecule has 1 aromatic heterocycles. The molecule has 0 saturated heterocycles. The molecule has 0 aliphatic heterocycles. The van der Waals surface area contributed by atoms with Gasteiger partial charge in [-0.25, -0.2) is 0 Å². The van der Waals surface area contributed by atoms with Crippen molar-refractivity contribution in [3.05, 3.63) is 48.0 Å². The first-order chi connectivity index (χ1) is 8.93. The monoisotopic (exact) mass is 402 g/mol. The van der Waals surface area contributed by atoms with Crippen LogP contribution in [0.2, 0.25) is 0 Å². The Bertz CT molecular complexity index is 647. The van der Waals surface area contributed by atoms with Gasteiger partial charge < -0.3 is 4.74 Å². The summed E-state index contributed by atoms with van der Waals surface area (Å²) in [5.74, 6) is 0.597. The van der Waals surface area contributed by atoms with Gasteiger partial charge in [0.15, 0.2) is 5.78 Å². The number of rotatable bonds is 3. The van der Waals surface area contributed by atoms with Crippen molar-refractivity contribution in [2.75, 3.05) is 7.11 Å². The van der Waals surface area contributed by atoms with Crippen LogP contribution in [-0.2, 0) is 0 Å². The fraction of sp³-hybridized carbons (Fsp3) is 0.214. The number of carbonyl (C=O) groups excluding carboxylic acids is 1. The molecule has 0 atom stereocenters. The summed E-state index contributed by atoms with van der Waals surface area (Å²) in [5, 5.41) is 0. The topological polar surface area (TPSA) is 26.3 Å². The summed E-state index contributed by atoms with van der Waals surface area (Å²) in [6.45, 7) is 3.92. The van der Waals surface area contributed by atoms with Crippen LogP contribution >= 0.6 is 43.2 Å². The highest BCUT2D eigenvalue weighted by atomic mass is 79.9. The van der Waals surface area contributed by atoms with Gasteiger partial charge in [0.2, 0.25) is 0 Å². The first-order valence-corrected chi connectivity index (χ1v) is 7.99. The van der Waals surface area contributed by atoms with Gasteiger partial charge in [0.1, 0.15) is 5.75 Å². The third-order valence-electron chi connectivity index (χ3n) is 2.79. The molecule has 2 nitrogen and oxygen atoms in total. The molecule has 0 unspecified atom stereocenters. The lowest BCUT2D eigenvalue weighted by atomic mass is 9.98. The molecule has 19 heavy (non-hydrogen) atoms. The minimum atomic E-state index is -0.0248. The molecular formula is C14H12Br2O2S. The molecule has 100 valence electrons. The van der Waals surface area contributed by atoms with Gasteiger partial charge >= 0.3 is 0 Å². The lowest BCUT2D eigenvalue weighted by Gasteiger charge is -2.11. The Morgan fingerprint density at radius 2 is 1.89 bits per heavy atom. The number of aryl methyl sites for hydroxylation is 2. The van der Waals surface area contributed by atoms with Crippen molar-refractivity contribution in [2.45, 2.75) is 13.8 Å². The number of methoxy groups -OCH3 is 1. The fourth-order valence-corrected chi connectivity index (χ4v) is 4.80. The maximum atomic E-state index is 12.7. The van der Waals surface area contributed by atoms with Gasteiger partial charge in [0.05, 0.1) is 20.2 Å². The van der Waals surface area contributed by atoms with Crippen molar-refractivity contribution in [3.63, 3.8) is 0 Å². The van der Waals surface area contributed by atoms with Crippen molar-refractivity contribution < 1.29 is 9.53 Å². The Morgan fingerprint density at radius 1 is 1.21 bits per heavy atom. The fourth-order valence-electron chi connectivity index (χ4n) is 2.01. The summed E-state index contributed by atoms with van der Waals surface area (Å²) in [7, 11) is 1.59. The zero-order chi connectivity index (χ0) is 14.2. The minimum absolute atomic E-state index is 0.0248. The highest BCUT2D eigenvalue weighted by Gasteiger charge is 2.21. The molecule has 0 fully saturated rings. The van der Waals surface area contributed by atoms with Gasteiger partial charge in [-0.2, -0.15) is 0 Å². The number of halogens is 2. The molecule has 1 aromatic carbocycles. The van der Waals surface area contributed by atoms with Crippen molar-refractivity contribution in [2.24, 2.45) is 0 Å². The van der Waals surface area contributed by atoms with E-state index in [1.165, 1.54) is 11.3 Å². The summed E-state index contributed by atoms with van der Waals surface area (Å²) in [6, 6.07) is 5.70. The van der Waals surface area contributed by atoms with E-state index in [0.29, 0.717) is 16.9 Å². The maximum Gasteiger partial charge on any atom is 0.199 e. The van der Waals surface area contributed by atoms with Crippen LogP contribution in [0, 0.1) is 13.8 Å². The number of benzene rings is 1. The maximum absolute atomic E-state index is 12.7. The zero-order valence-corrected chi connectivity index (χ0v) is 14.7. The van der Waals surface area contributed by atoms with Crippen molar-refractivity contribution >= 4 is 49.0 Å². The van der Waals surface area contributed by atoms with Crippen molar-refractivity contribution in [1.29, 1.82) is 0 Å². The Labute approximate surface area is 133 Å². The number of thiophene rings is 1. The largest absolute Gasteiger partial charge is 0.496 e. The minimum Gasteiger partial charge on any atom is -0.496 e. The van der Waals surface area contributed by atoms with Gasteiger partial charge in [0.25, 0.3) is 0 Å². The highest BCUT2D eigenvalue weighted by molar-refractivity contribution is 9.12. The molecular weight excluding hydrogens is 392 g/mol. The molecule has 5 heteroatoms. The molecule has 0 saturated carbocycles. The van der Waals surface area contributed by atoms with E-state index in [9.17, 15) is 4.79 Å². The summed E-state index contributed by atoms with van der Waals surface area (Å²) >= 11 is 8.31. The molecule has 0 bridgehead atoms. The first kappa shape index (κ1) is 14.8. The van der Waals surface area contributed by atoms with Gasteiger partial charge in [-0.05, 0) is 69.0 Å². The quantitative estimate of drug-likeness (QED) is 0.664.